The summed E-state index contributed by atoms with van der Waals surface area (Å²) in [6, 6.07) is 22.2. The van der Waals surface area contributed by atoms with E-state index in [2.05, 4.69) is 43.7 Å². The first-order valence-corrected chi connectivity index (χ1v) is 10.8. The quantitative estimate of drug-likeness (QED) is 0.485. The number of para-hydroxylation sites is 1. The van der Waals surface area contributed by atoms with Gasteiger partial charge in [0.05, 0.1) is 30.2 Å². The summed E-state index contributed by atoms with van der Waals surface area (Å²) < 4.78 is 1.77. The normalized spacial score (nSPS) is 11.0. The van der Waals surface area contributed by atoms with E-state index in [1.807, 2.05) is 54.0 Å². The molecule has 0 spiro atoms. The number of nitrogens with one attached hydrogen (secondary N) is 2. The molecule has 0 fully saturated rings. The van der Waals surface area contributed by atoms with Gasteiger partial charge in [0.15, 0.2) is 0 Å². The van der Waals surface area contributed by atoms with Gasteiger partial charge in [0.2, 0.25) is 0 Å². The third-order valence-electron chi connectivity index (χ3n) is 4.77. The number of quaternary nitrogens is 1. The first-order valence-electron chi connectivity index (χ1n) is 9.94. The smallest absolute Gasteiger partial charge is 0.255 e. The summed E-state index contributed by atoms with van der Waals surface area (Å²) in [5.74, 6) is -0.123. The van der Waals surface area contributed by atoms with Gasteiger partial charge in [-0.05, 0) is 29.1 Å². The molecule has 2 aromatic carbocycles. The van der Waals surface area contributed by atoms with Gasteiger partial charge in [-0.25, -0.2) is 4.68 Å². The van der Waals surface area contributed by atoms with Crippen molar-refractivity contribution < 1.29 is 9.69 Å². The van der Waals surface area contributed by atoms with Gasteiger partial charge in [0, 0.05) is 18.3 Å². The van der Waals surface area contributed by atoms with E-state index in [1.165, 1.54) is 10.5 Å². The van der Waals surface area contributed by atoms with Crippen LogP contribution in [0.15, 0.2) is 78.3 Å². The van der Waals surface area contributed by atoms with Crippen molar-refractivity contribution in [3.05, 3.63) is 95.0 Å². The summed E-state index contributed by atoms with van der Waals surface area (Å²) in [6.45, 7) is 1.46. The fourth-order valence-corrected chi connectivity index (χ4v) is 4.03. The number of rotatable bonds is 7. The summed E-state index contributed by atoms with van der Waals surface area (Å²) in [5.41, 5.74) is 4.57. The highest BCUT2D eigenvalue weighted by atomic mass is 32.1. The highest BCUT2D eigenvalue weighted by molar-refractivity contribution is 7.13. The van der Waals surface area contributed by atoms with Crippen LogP contribution in [0.4, 0.5) is 0 Å². The van der Waals surface area contributed by atoms with Crippen molar-refractivity contribution in [3.63, 3.8) is 0 Å². The van der Waals surface area contributed by atoms with Gasteiger partial charge in [-0.3, -0.25) is 4.79 Å². The van der Waals surface area contributed by atoms with E-state index in [0.717, 1.165) is 22.7 Å². The number of hydrogen-bond acceptors (Lipinski definition) is 3. The van der Waals surface area contributed by atoms with Crippen LogP contribution in [-0.4, -0.2) is 29.8 Å². The van der Waals surface area contributed by atoms with E-state index in [4.69, 9.17) is 5.10 Å². The molecule has 2 heterocycles. The highest BCUT2D eigenvalue weighted by Crippen LogP contribution is 2.27. The topological polar surface area (TPSA) is 51.4 Å². The average molecular weight is 418 g/mol. The summed E-state index contributed by atoms with van der Waals surface area (Å²) in [4.78, 5) is 15.4. The Morgan fingerprint density at radius 2 is 1.73 bits per heavy atom. The van der Waals surface area contributed by atoms with Crippen LogP contribution in [0.1, 0.15) is 21.5 Å². The third-order valence-corrected chi connectivity index (χ3v) is 5.64. The standard InChI is InChI=1S/C24H24N4OS/c1-27(2)16-19-12-10-18(11-13-19)15-25-24(29)21-17-28(20-7-4-3-5-8-20)26-23(21)22-9-6-14-30-22/h3-14,17H,15-16H2,1-2H3,(H,25,29)/p+1. The molecule has 4 rings (SSSR count). The summed E-state index contributed by atoms with van der Waals surface area (Å²) >= 11 is 1.58. The van der Waals surface area contributed by atoms with Crippen molar-refractivity contribution in [2.75, 3.05) is 14.1 Å². The number of nitrogens with zero attached hydrogens (tertiary/aromatic N) is 2. The molecule has 2 N–H and O–H groups in total. The summed E-state index contributed by atoms with van der Waals surface area (Å²) in [7, 11) is 4.27. The van der Waals surface area contributed by atoms with Crippen molar-refractivity contribution >= 4 is 17.2 Å². The molecule has 1 amide bonds. The van der Waals surface area contributed by atoms with Crippen molar-refractivity contribution in [3.8, 4) is 16.3 Å². The maximum Gasteiger partial charge on any atom is 0.255 e. The number of carbonyl (C=O) groups is 1. The van der Waals surface area contributed by atoms with E-state index in [-0.39, 0.29) is 5.91 Å². The number of thiophene rings is 1. The van der Waals surface area contributed by atoms with Crippen LogP contribution in [0, 0.1) is 0 Å². The molecule has 0 radical (unpaired) electrons. The van der Waals surface area contributed by atoms with Crippen molar-refractivity contribution in [2.45, 2.75) is 13.1 Å². The van der Waals surface area contributed by atoms with Crippen LogP contribution in [-0.2, 0) is 13.1 Å². The highest BCUT2D eigenvalue weighted by Gasteiger charge is 2.19. The Kier molecular flexibility index (Phi) is 6.07. The molecule has 0 aliphatic rings. The molecule has 0 saturated carbocycles. The van der Waals surface area contributed by atoms with E-state index in [9.17, 15) is 4.79 Å². The van der Waals surface area contributed by atoms with Gasteiger partial charge < -0.3 is 10.2 Å². The minimum absolute atomic E-state index is 0.123. The van der Waals surface area contributed by atoms with Crippen LogP contribution in [0.2, 0.25) is 0 Å². The van der Waals surface area contributed by atoms with Crippen molar-refractivity contribution in [1.82, 2.24) is 15.1 Å². The van der Waals surface area contributed by atoms with Gasteiger partial charge in [-0.1, -0.05) is 48.5 Å². The molecule has 0 aliphatic carbocycles. The molecular formula is C24H25N4OS+. The summed E-state index contributed by atoms with van der Waals surface area (Å²) in [5, 5.41) is 9.75. The maximum absolute atomic E-state index is 13.0. The Morgan fingerprint density at radius 1 is 1.00 bits per heavy atom. The second-order valence-electron chi connectivity index (χ2n) is 7.53. The third kappa shape index (κ3) is 4.67. The Bertz CT molecular complexity index is 1100. The van der Waals surface area contributed by atoms with Crippen LogP contribution in [0.25, 0.3) is 16.3 Å². The molecule has 0 aliphatic heterocycles. The molecule has 0 saturated heterocycles. The predicted molar refractivity (Wildman–Crippen MR) is 121 cm³/mol. The zero-order chi connectivity index (χ0) is 20.9. The summed E-state index contributed by atoms with van der Waals surface area (Å²) in [6.07, 6.45) is 1.81. The van der Waals surface area contributed by atoms with Crippen molar-refractivity contribution in [2.24, 2.45) is 0 Å². The van der Waals surface area contributed by atoms with E-state index in [0.29, 0.717) is 17.8 Å². The molecule has 0 bridgehead atoms. The molecule has 4 aromatic rings. The van der Waals surface area contributed by atoms with E-state index < -0.39 is 0 Å². The zero-order valence-electron chi connectivity index (χ0n) is 17.1. The molecule has 152 valence electrons. The Morgan fingerprint density at radius 3 is 2.40 bits per heavy atom. The van der Waals surface area contributed by atoms with Crippen LogP contribution in [0.3, 0.4) is 0 Å². The molecule has 5 nitrogen and oxygen atoms in total. The lowest BCUT2D eigenvalue weighted by Crippen LogP contribution is -3.04. The van der Waals surface area contributed by atoms with Gasteiger partial charge in [-0.15, -0.1) is 11.3 Å². The largest absolute Gasteiger partial charge is 0.348 e. The average Bonchev–Trinajstić information content (AvgIpc) is 3.43. The van der Waals surface area contributed by atoms with Crippen LogP contribution in [0.5, 0.6) is 0 Å². The van der Waals surface area contributed by atoms with Gasteiger partial charge in [0.25, 0.3) is 5.91 Å². The second kappa shape index (κ2) is 9.07. The van der Waals surface area contributed by atoms with E-state index in [1.54, 1.807) is 16.0 Å². The second-order valence-corrected chi connectivity index (χ2v) is 8.48. The first kappa shape index (κ1) is 20.1. The minimum Gasteiger partial charge on any atom is -0.348 e. The van der Waals surface area contributed by atoms with Crippen LogP contribution < -0.4 is 10.2 Å². The molecule has 30 heavy (non-hydrogen) atoms. The van der Waals surface area contributed by atoms with Crippen LogP contribution >= 0.6 is 11.3 Å². The Balaban J connectivity index is 1.53. The minimum atomic E-state index is -0.123. The first-order chi connectivity index (χ1) is 14.6. The van der Waals surface area contributed by atoms with E-state index >= 15 is 0 Å². The lowest BCUT2D eigenvalue weighted by Gasteiger charge is -2.09. The maximum atomic E-state index is 13.0. The number of hydrogen-bond donors (Lipinski definition) is 2. The van der Waals surface area contributed by atoms with Crippen molar-refractivity contribution in [1.29, 1.82) is 0 Å². The fourth-order valence-electron chi connectivity index (χ4n) is 3.31. The SMILES string of the molecule is C[NH+](C)Cc1ccc(CNC(=O)c2cn(-c3ccccc3)nc2-c2cccs2)cc1. The number of carbonyl (C=O) groups excluding carboxylic acids is 1. The van der Waals surface area contributed by atoms with Gasteiger partial charge in [-0.2, -0.15) is 5.10 Å². The van der Waals surface area contributed by atoms with Gasteiger partial charge >= 0.3 is 0 Å². The molecule has 6 heteroatoms. The predicted octanol–water partition coefficient (Wildman–Crippen LogP) is 3.18. The molecule has 0 unspecified atom stereocenters. The Labute approximate surface area is 180 Å². The monoisotopic (exact) mass is 417 g/mol. The Hall–Kier alpha value is -3.22. The molecule has 0 atom stereocenters. The lowest BCUT2D eigenvalue weighted by atomic mass is 10.1. The number of aromatic nitrogens is 2. The molecular weight excluding hydrogens is 392 g/mol. The molecule has 2 aromatic heterocycles. The zero-order valence-corrected chi connectivity index (χ0v) is 17.9. The number of benzene rings is 2. The van der Waals surface area contributed by atoms with Gasteiger partial charge in [0.1, 0.15) is 12.2 Å². The lowest BCUT2D eigenvalue weighted by molar-refractivity contribution is -0.872. The number of amides is 1. The fraction of sp³-hybridized carbons (Fsp3) is 0.167.